The van der Waals surface area contributed by atoms with Crippen LogP contribution < -0.4 is 14.8 Å². The minimum absolute atomic E-state index is 0.00372. The predicted octanol–water partition coefficient (Wildman–Crippen LogP) is 2.58. The Kier molecular flexibility index (Phi) is 4.24. The summed E-state index contributed by atoms with van der Waals surface area (Å²) < 4.78 is 11.7. The Morgan fingerprint density at radius 1 is 1.27 bits per heavy atom. The van der Waals surface area contributed by atoms with Gasteiger partial charge in [-0.05, 0) is 32.9 Å². The number of ether oxygens (including phenoxy) is 2. The fourth-order valence-electron chi connectivity index (χ4n) is 2.60. The van der Waals surface area contributed by atoms with E-state index in [1.165, 1.54) is 0 Å². The summed E-state index contributed by atoms with van der Waals surface area (Å²) in [5, 5.41) is 3.47. The van der Waals surface area contributed by atoms with Crippen molar-refractivity contribution in [3.8, 4) is 11.5 Å². The molecule has 116 valence electrons. The van der Waals surface area contributed by atoms with E-state index in [9.17, 15) is 0 Å². The molecule has 0 saturated heterocycles. The molecule has 3 rings (SSSR count). The second kappa shape index (κ2) is 6.32. The molecule has 5 heteroatoms. The number of aromatic nitrogens is 2. The van der Waals surface area contributed by atoms with Crippen LogP contribution in [-0.2, 0) is 0 Å². The maximum atomic E-state index is 5.95. The molecule has 1 N–H and O–H groups in total. The number of nitrogens with one attached hydrogen (secondary N) is 1. The summed E-state index contributed by atoms with van der Waals surface area (Å²) in [5.41, 5.74) is 2.13. The third-order valence-electron chi connectivity index (χ3n) is 3.82. The zero-order chi connectivity index (χ0) is 15.5. The van der Waals surface area contributed by atoms with E-state index in [4.69, 9.17) is 9.47 Å². The van der Waals surface area contributed by atoms with Crippen molar-refractivity contribution < 1.29 is 9.47 Å². The van der Waals surface area contributed by atoms with E-state index >= 15 is 0 Å². The third kappa shape index (κ3) is 3.20. The van der Waals surface area contributed by atoms with E-state index < -0.39 is 0 Å². The van der Waals surface area contributed by atoms with Crippen LogP contribution in [0.25, 0.3) is 0 Å². The quantitative estimate of drug-likeness (QED) is 0.940. The number of hydrogen-bond donors (Lipinski definition) is 1. The number of benzene rings is 1. The van der Waals surface area contributed by atoms with Crippen LogP contribution in [0.4, 0.5) is 0 Å². The summed E-state index contributed by atoms with van der Waals surface area (Å²) >= 11 is 0. The van der Waals surface area contributed by atoms with Gasteiger partial charge >= 0.3 is 0 Å². The first-order valence-electron chi connectivity index (χ1n) is 7.55. The summed E-state index contributed by atoms with van der Waals surface area (Å²) in [6.07, 6.45) is 1.90. The average Bonchev–Trinajstić information content (AvgIpc) is 2.52. The molecule has 0 unspecified atom stereocenters. The van der Waals surface area contributed by atoms with Crippen molar-refractivity contribution in [3.05, 3.63) is 47.5 Å². The molecule has 1 aliphatic heterocycles. The Morgan fingerprint density at radius 3 is 2.82 bits per heavy atom. The fourth-order valence-corrected chi connectivity index (χ4v) is 2.60. The Balaban J connectivity index is 1.59. The van der Waals surface area contributed by atoms with Gasteiger partial charge in [-0.1, -0.05) is 12.1 Å². The minimum Gasteiger partial charge on any atom is -0.486 e. The average molecular weight is 299 g/mol. The van der Waals surface area contributed by atoms with Gasteiger partial charge in [-0.15, -0.1) is 0 Å². The van der Waals surface area contributed by atoms with E-state index in [1.54, 1.807) is 0 Å². The van der Waals surface area contributed by atoms with Crippen molar-refractivity contribution in [1.29, 1.82) is 0 Å². The van der Waals surface area contributed by atoms with Gasteiger partial charge in [0.05, 0.1) is 0 Å². The molecule has 0 amide bonds. The van der Waals surface area contributed by atoms with Crippen LogP contribution in [0.5, 0.6) is 11.5 Å². The van der Waals surface area contributed by atoms with E-state index in [2.05, 4.69) is 22.2 Å². The van der Waals surface area contributed by atoms with Crippen LogP contribution in [0.1, 0.15) is 30.0 Å². The van der Waals surface area contributed by atoms with Crippen molar-refractivity contribution in [2.75, 3.05) is 13.2 Å². The Labute approximate surface area is 130 Å². The van der Waals surface area contributed by atoms with Gasteiger partial charge in [-0.2, -0.15) is 0 Å². The highest BCUT2D eigenvalue weighted by molar-refractivity contribution is 5.40. The largest absolute Gasteiger partial charge is 0.486 e. The first kappa shape index (κ1) is 14.8. The molecule has 0 fully saturated rings. The molecule has 1 aromatic heterocycles. The van der Waals surface area contributed by atoms with Gasteiger partial charge in [0.25, 0.3) is 0 Å². The van der Waals surface area contributed by atoms with Crippen molar-refractivity contribution in [2.45, 2.75) is 32.9 Å². The van der Waals surface area contributed by atoms with Gasteiger partial charge in [0.15, 0.2) is 11.5 Å². The van der Waals surface area contributed by atoms with Gasteiger partial charge in [0.2, 0.25) is 0 Å². The lowest BCUT2D eigenvalue weighted by Crippen LogP contribution is -2.39. The zero-order valence-corrected chi connectivity index (χ0v) is 13.2. The number of nitrogens with zero attached hydrogens (tertiary/aromatic N) is 2. The van der Waals surface area contributed by atoms with Crippen molar-refractivity contribution in [3.63, 3.8) is 0 Å². The van der Waals surface area contributed by atoms with Crippen LogP contribution in [0.2, 0.25) is 0 Å². The normalized spacial score (nSPS) is 18.0. The summed E-state index contributed by atoms with van der Waals surface area (Å²) in [7, 11) is 0. The SMILES string of the molecule is Cc1ncc([C@H](C)NC[C@H]2COc3ccccc3O2)c(C)n1. The first-order valence-corrected chi connectivity index (χ1v) is 7.55. The molecule has 0 saturated carbocycles. The predicted molar refractivity (Wildman–Crippen MR) is 84.3 cm³/mol. The second-order valence-electron chi connectivity index (χ2n) is 5.59. The van der Waals surface area contributed by atoms with Crippen molar-refractivity contribution in [1.82, 2.24) is 15.3 Å². The number of rotatable bonds is 4. The number of aryl methyl sites for hydroxylation is 2. The van der Waals surface area contributed by atoms with Gasteiger partial charge in [-0.3, -0.25) is 0 Å². The topological polar surface area (TPSA) is 56.3 Å². The molecule has 1 aliphatic rings. The standard InChI is InChI=1S/C17H21N3O2/c1-11(15-9-19-13(3)20-12(15)2)18-8-14-10-21-16-6-4-5-7-17(16)22-14/h4-7,9,11,14,18H,8,10H2,1-3H3/t11-,14-/m0/s1. The van der Waals surface area contributed by atoms with E-state index in [0.29, 0.717) is 13.2 Å². The molecular weight excluding hydrogens is 278 g/mol. The number of fused-ring (bicyclic) bond motifs is 1. The van der Waals surface area contributed by atoms with Gasteiger partial charge in [-0.25, -0.2) is 9.97 Å². The fraction of sp³-hybridized carbons (Fsp3) is 0.412. The number of hydrogen-bond acceptors (Lipinski definition) is 5. The van der Waals surface area contributed by atoms with Crippen LogP contribution >= 0.6 is 0 Å². The molecule has 5 nitrogen and oxygen atoms in total. The monoisotopic (exact) mass is 299 g/mol. The van der Waals surface area contributed by atoms with Gasteiger partial charge in [0, 0.05) is 30.0 Å². The lowest BCUT2D eigenvalue weighted by Gasteiger charge is -2.28. The summed E-state index contributed by atoms with van der Waals surface area (Å²) in [6, 6.07) is 7.93. The molecule has 2 heterocycles. The summed E-state index contributed by atoms with van der Waals surface area (Å²) in [4.78, 5) is 8.69. The van der Waals surface area contributed by atoms with Gasteiger partial charge in [0.1, 0.15) is 18.5 Å². The lowest BCUT2D eigenvalue weighted by molar-refractivity contribution is 0.0885. The smallest absolute Gasteiger partial charge is 0.161 e. The molecule has 0 radical (unpaired) electrons. The molecule has 0 aliphatic carbocycles. The van der Waals surface area contributed by atoms with Crippen molar-refractivity contribution in [2.24, 2.45) is 0 Å². The lowest BCUT2D eigenvalue weighted by atomic mass is 10.1. The van der Waals surface area contributed by atoms with E-state index in [-0.39, 0.29) is 12.1 Å². The highest BCUT2D eigenvalue weighted by Crippen LogP contribution is 2.30. The maximum Gasteiger partial charge on any atom is 0.161 e. The van der Waals surface area contributed by atoms with E-state index in [0.717, 1.165) is 28.6 Å². The summed E-state index contributed by atoms with van der Waals surface area (Å²) in [5.74, 6) is 2.42. The first-order chi connectivity index (χ1) is 10.6. The third-order valence-corrected chi connectivity index (χ3v) is 3.82. The maximum absolute atomic E-state index is 5.95. The second-order valence-corrected chi connectivity index (χ2v) is 5.59. The molecule has 1 aromatic carbocycles. The van der Waals surface area contributed by atoms with E-state index in [1.807, 2.05) is 44.3 Å². The minimum atomic E-state index is 0.00372. The van der Waals surface area contributed by atoms with Crippen molar-refractivity contribution >= 4 is 0 Å². The van der Waals surface area contributed by atoms with Gasteiger partial charge < -0.3 is 14.8 Å². The Morgan fingerprint density at radius 2 is 2.05 bits per heavy atom. The van der Waals surface area contributed by atoms with Crippen LogP contribution in [0, 0.1) is 13.8 Å². The molecular formula is C17H21N3O2. The molecule has 0 spiro atoms. The highest BCUT2D eigenvalue weighted by Gasteiger charge is 2.21. The zero-order valence-electron chi connectivity index (χ0n) is 13.2. The van der Waals surface area contributed by atoms with Crippen LogP contribution in [0.3, 0.4) is 0 Å². The molecule has 22 heavy (non-hydrogen) atoms. The molecule has 0 bridgehead atoms. The van der Waals surface area contributed by atoms with Crippen LogP contribution in [-0.4, -0.2) is 29.2 Å². The molecule has 2 atom stereocenters. The van der Waals surface area contributed by atoms with Crippen LogP contribution in [0.15, 0.2) is 30.5 Å². The highest BCUT2D eigenvalue weighted by atomic mass is 16.6. The Hall–Kier alpha value is -2.14. The molecule has 2 aromatic rings. The summed E-state index contributed by atoms with van der Waals surface area (Å²) in [6.45, 7) is 7.29. The Bertz CT molecular complexity index is 660. The number of para-hydroxylation sites is 2.